The minimum absolute atomic E-state index is 0.0858. The fraction of sp³-hybridized carbons (Fsp3) is 0.636. The highest BCUT2D eigenvalue weighted by Gasteiger charge is 2.28. The van der Waals surface area contributed by atoms with E-state index >= 15 is 0 Å². The number of allylic oxidation sites excluding steroid dienone is 1. The van der Waals surface area contributed by atoms with Crippen molar-refractivity contribution in [1.29, 1.82) is 0 Å². The molecule has 0 fully saturated rings. The number of rotatable bonds is 5. The molecule has 0 saturated heterocycles. The Morgan fingerprint density at radius 1 is 1.29 bits per heavy atom. The lowest BCUT2D eigenvalue weighted by Gasteiger charge is -2.24. The maximum Gasteiger partial charge on any atom is 0.330 e. The summed E-state index contributed by atoms with van der Waals surface area (Å²) < 4.78 is 4.48. The Bertz CT molecular complexity index is 237. The van der Waals surface area contributed by atoms with Gasteiger partial charge in [0.15, 0.2) is 0 Å². The molecule has 0 saturated carbocycles. The standard InChI is InChI=1S/C11H18O3/c1-5-11(6-2,9(3)12)8-7-10(13)14-4/h7-8H,5-6H2,1-4H3/b8-7+. The molecule has 0 aromatic rings. The lowest BCUT2D eigenvalue weighted by Crippen LogP contribution is -2.25. The normalized spacial score (nSPS) is 11.7. The molecule has 0 rings (SSSR count). The molecule has 0 aliphatic carbocycles. The van der Waals surface area contributed by atoms with Crippen LogP contribution in [0.5, 0.6) is 0 Å². The van der Waals surface area contributed by atoms with E-state index in [1.165, 1.54) is 13.2 Å². The number of carbonyl (C=O) groups is 2. The molecule has 80 valence electrons. The van der Waals surface area contributed by atoms with Crippen LogP contribution in [-0.4, -0.2) is 18.9 Å². The van der Waals surface area contributed by atoms with Crippen molar-refractivity contribution in [1.82, 2.24) is 0 Å². The fourth-order valence-corrected chi connectivity index (χ4v) is 1.40. The van der Waals surface area contributed by atoms with Gasteiger partial charge in [0.1, 0.15) is 5.78 Å². The summed E-state index contributed by atoms with van der Waals surface area (Å²) in [6.07, 6.45) is 4.38. The first-order valence-electron chi connectivity index (χ1n) is 4.80. The summed E-state index contributed by atoms with van der Waals surface area (Å²) in [4.78, 5) is 22.3. The van der Waals surface area contributed by atoms with E-state index in [4.69, 9.17) is 0 Å². The number of ketones is 1. The molecule has 0 aliphatic heterocycles. The van der Waals surface area contributed by atoms with Crippen LogP contribution in [-0.2, 0) is 14.3 Å². The predicted molar refractivity (Wildman–Crippen MR) is 54.9 cm³/mol. The van der Waals surface area contributed by atoms with Gasteiger partial charge in [0.2, 0.25) is 0 Å². The number of hydrogen-bond donors (Lipinski definition) is 0. The van der Waals surface area contributed by atoms with Crippen LogP contribution in [0, 0.1) is 5.41 Å². The quantitative estimate of drug-likeness (QED) is 0.502. The monoisotopic (exact) mass is 198 g/mol. The van der Waals surface area contributed by atoms with Crippen LogP contribution in [0.25, 0.3) is 0 Å². The third kappa shape index (κ3) is 2.98. The van der Waals surface area contributed by atoms with Gasteiger partial charge in [0, 0.05) is 11.5 Å². The molecule has 0 unspecified atom stereocenters. The Morgan fingerprint density at radius 3 is 2.07 bits per heavy atom. The largest absolute Gasteiger partial charge is 0.466 e. The third-order valence-electron chi connectivity index (χ3n) is 2.70. The van der Waals surface area contributed by atoms with Gasteiger partial charge in [0.25, 0.3) is 0 Å². The van der Waals surface area contributed by atoms with E-state index in [0.29, 0.717) is 12.8 Å². The van der Waals surface area contributed by atoms with Gasteiger partial charge in [-0.3, -0.25) is 4.79 Å². The minimum atomic E-state index is -0.506. The smallest absolute Gasteiger partial charge is 0.330 e. The van der Waals surface area contributed by atoms with Crippen LogP contribution in [0.1, 0.15) is 33.6 Å². The van der Waals surface area contributed by atoms with Gasteiger partial charge in [-0.25, -0.2) is 4.79 Å². The SMILES string of the molecule is CCC(/C=C/C(=O)OC)(CC)C(C)=O. The third-order valence-corrected chi connectivity index (χ3v) is 2.70. The molecule has 0 aliphatic rings. The Hall–Kier alpha value is -1.12. The summed E-state index contributed by atoms with van der Waals surface area (Å²) in [6.45, 7) is 5.42. The second-order valence-electron chi connectivity index (χ2n) is 3.28. The maximum atomic E-state index is 11.4. The van der Waals surface area contributed by atoms with Crippen LogP contribution in [0.3, 0.4) is 0 Å². The molecule has 0 spiro atoms. The van der Waals surface area contributed by atoms with Crippen LogP contribution in [0.15, 0.2) is 12.2 Å². The topological polar surface area (TPSA) is 43.4 Å². The molecule has 0 amide bonds. The van der Waals surface area contributed by atoms with E-state index in [2.05, 4.69) is 4.74 Å². The second kappa shape index (κ2) is 5.58. The van der Waals surface area contributed by atoms with Gasteiger partial charge in [-0.05, 0) is 19.8 Å². The maximum absolute atomic E-state index is 11.4. The summed E-state index contributed by atoms with van der Waals surface area (Å²) in [6, 6.07) is 0. The van der Waals surface area contributed by atoms with E-state index < -0.39 is 11.4 Å². The van der Waals surface area contributed by atoms with E-state index in [0.717, 1.165) is 0 Å². The molecule has 0 N–H and O–H groups in total. The van der Waals surface area contributed by atoms with Crippen molar-refractivity contribution in [2.45, 2.75) is 33.6 Å². The Labute approximate surface area is 85.1 Å². The molecule has 0 aromatic heterocycles. The highest BCUT2D eigenvalue weighted by Crippen LogP contribution is 2.29. The summed E-state index contributed by atoms with van der Waals surface area (Å²) in [7, 11) is 1.32. The van der Waals surface area contributed by atoms with Crippen molar-refractivity contribution in [2.75, 3.05) is 7.11 Å². The molecule has 14 heavy (non-hydrogen) atoms. The van der Waals surface area contributed by atoms with Crippen LogP contribution < -0.4 is 0 Å². The molecule has 3 heteroatoms. The first kappa shape index (κ1) is 12.9. The second-order valence-corrected chi connectivity index (χ2v) is 3.28. The lowest BCUT2D eigenvalue weighted by atomic mass is 9.78. The van der Waals surface area contributed by atoms with Gasteiger partial charge in [-0.1, -0.05) is 19.9 Å². The van der Waals surface area contributed by atoms with Crippen molar-refractivity contribution in [3.05, 3.63) is 12.2 Å². The fourth-order valence-electron chi connectivity index (χ4n) is 1.40. The molecule has 3 nitrogen and oxygen atoms in total. The summed E-state index contributed by atoms with van der Waals surface area (Å²) in [5, 5.41) is 0. The Morgan fingerprint density at radius 2 is 1.79 bits per heavy atom. The number of esters is 1. The van der Waals surface area contributed by atoms with Gasteiger partial charge in [-0.15, -0.1) is 0 Å². The molecule has 0 heterocycles. The molecular weight excluding hydrogens is 180 g/mol. The Kier molecular flexibility index (Phi) is 5.13. The first-order chi connectivity index (χ1) is 6.52. The number of methoxy groups -OCH3 is 1. The lowest BCUT2D eigenvalue weighted by molar-refractivity contribution is -0.134. The highest BCUT2D eigenvalue weighted by molar-refractivity contribution is 5.87. The summed E-state index contributed by atoms with van der Waals surface area (Å²) in [5.74, 6) is -0.333. The zero-order chi connectivity index (χ0) is 11.2. The van der Waals surface area contributed by atoms with Gasteiger partial charge in [-0.2, -0.15) is 0 Å². The van der Waals surface area contributed by atoms with Crippen LogP contribution in [0.2, 0.25) is 0 Å². The number of hydrogen-bond acceptors (Lipinski definition) is 3. The number of Topliss-reactive ketones (excluding diaryl/α,β-unsaturated/α-hetero) is 1. The van der Waals surface area contributed by atoms with Gasteiger partial charge >= 0.3 is 5.97 Å². The van der Waals surface area contributed by atoms with E-state index in [1.807, 2.05) is 13.8 Å². The van der Waals surface area contributed by atoms with E-state index in [1.54, 1.807) is 13.0 Å². The van der Waals surface area contributed by atoms with Gasteiger partial charge in [0.05, 0.1) is 7.11 Å². The van der Waals surface area contributed by atoms with Crippen molar-refractivity contribution in [3.63, 3.8) is 0 Å². The van der Waals surface area contributed by atoms with Crippen molar-refractivity contribution in [2.24, 2.45) is 5.41 Å². The van der Waals surface area contributed by atoms with E-state index in [9.17, 15) is 9.59 Å². The molecule has 0 atom stereocenters. The van der Waals surface area contributed by atoms with Crippen LogP contribution in [0.4, 0.5) is 0 Å². The molecule has 0 bridgehead atoms. The number of ether oxygens (including phenoxy) is 1. The average molecular weight is 198 g/mol. The first-order valence-corrected chi connectivity index (χ1v) is 4.80. The van der Waals surface area contributed by atoms with Crippen molar-refractivity contribution >= 4 is 11.8 Å². The van der Waals surface area contributed by atoms with Crippen LogP contribution >= 0.6 is 0 Å². The highest BCUT2D eigenvalue weighted by atomic mass is 16.5. The molecular formula is C11H18O3. The van der Waals surface area contributed by atoms with Gasteiger partial charge < -0.3 is 4.74 Å². The predicted octanol–water partition coefficient (Wildman–Crippen LogP) is 2.11. The minimum Gasteiger partial charge on any atom is -0.466 e. The summed E-state index contributed by atoms with van der Waals surface area (Å²) >= 11 is 0. The van der Waals surface area contributed by atoms with Crippen molar-refractivity contribution < 1.29 is 14.3 Å². The summed E-state index contributed by atoms with van der Waals surface area (Å²) in [5.41, 5.74) is -0.506. The van der Waals surface area contributed by atoms with Crippen molar-refractivity contribution in [3.8, 4) is 0 Å². The molecule has 0 aromatic carbocycles. The zero-order valence-electron chi connectivity index (χ0n) is 9.29. The average Bonchev–Trinajstić information content (AvgIpc) is 2.19. The van der Waals surface area contributed by atoms with E-state index in [-0.39, 0.29) is 5.78 Å². The molecule has 0 radical (unpaired) electrons. The zero-order valence-corrected chi connectivity index (χ0v) is 9.29. The Balaban J connectivity index is 4.75. The number of carbonyl (C=O) groups excluding carboxylic acids is 2.